The first-order chi connectivity index (χ1) is 11.5. The number of carbonyl (C=O) groups excluding carboxylic acids is 1. The fraction of sp³-hybridized carbons (Fsp3) is 0.529. The molecule has 0 bridgehead atoms. The number of carbonyl (C=O) groups is 1. The van der Waals surface area contributed by atoms with Gasteiger partial charge in [-0.2, -0.15) is 0 Å². The van der Waals surface area contributed by atoms with Gasteiger partial charge in [-0.1, -0.05) is 6.07 Å². The number of ether oxygens (including phenoxy) is 1. The number of benzene rings is 1. The third-order valence-electron chi connectivity index (χ3n) is 3.25. The largest absolute Gasteiger partial charge is 0.383 e. The Kier molecular flexibility index (Phi) is 8.78. The van der Waals surface area contributed by atoms with E-state index in [2.05, 4.69) is 20.9 Å². The molecule has 1 rings (SSSR count). The summed E-state index contributed by atoms with van der Waals surface area (Å²) in [6.45, 7) is 7.71. The van der Waals surface area contributed by atoms with Crippen LogP contribution in [0.4, 0.5) is 4.39 Å². The number of halogens is 1. The van der Waals surface area contributed by atoms with Crippen molar-refractivity contribution in [2.75, 3.05) is 33.4 Å². The van der Waals surface area contributed by atoms with Gasteiger partial charge in [0.05, 0.1) is 13.2 Å². The van der Waals surface area contributed by atoms with Gasteiger partial charge in [0.15, 0.2) is 5.96 Å². The summed E-state index contributed by atoms with van der Waals surface area (Å²) in [5.74, 6) is -0.0288. The zero-order valence-electron chi connectivity index (χ0n) is 14.8. The third-order valence-corrected chi connectivity index (χ3v) is 3.25. The van der Waals surface area contributed by atoms with E-state index in [1.54, 1.807) is 26.2 Å². The van der Waals surface area contributed by atoms with Crippen LogP contribution >= 0.6 is 0 Å². The van der Waals surface area contributed by atoms with E-state index in [9.17, 15) is 9.18 Å². The highest BCUT2D eigenvalue weighted by Gasteiger charge is 2.08. The van der Waals surface area contributed by atoms with Gasteiger partial charge in [-0.15, -0.1) is 0 Å². The van der Waals surface area contributed by atoms with E-state index in [1.807, 2.05) is 13.8 Å². The highest BCUT2D eigenvalue weighted by molar-refractivity contribution is 5.94. The zero-order valence-corrected chi connectivity index (χ0v) is 14.8. The maximum atomic E-state index is 13.5. The number of guanidine groups is 1. The number of aryl methyl sites for hydroxylation is 1. The maximum Gasteiger partial charge on any atom is 0.251 e. The Morgan fingerprint density at radius 3 is 2.75 bits per heavy atom. The Morgan fingerprint density at radius 2 is 2.12 bits per heavy atom. The van der Waals surface area contributed by atoms with Crippen molar-refractivity contribution in [3.8, 4) is 0 Å². The third kappa shape index (κ3) is 6.95. The average molecular weight is 338 g/mol. The van der Waals surface area contributed by atoms with Gasteiger partial charge < -0.3 is 20.7 Å². The molecule has 0 heterocycles. The molecule has 0 spiro atoms. The average Bonchev–Trinajstić information content (AvgIpc) is 2.54. The van der Waals surface area contributed by atoms with Crippen molar-refractivity contribution in [1.29, 1.82) is 0 Å². The standard InChI is InChI=1S/C17H27FN4O2/c1-5-19-17(22-13(3)11-24-4)21-9-8-20-16(23)14-7-6-12(2)15(18)10-14/h6-7,10,13H,5,8-9,11H2,1-4H3,(H,20,23)(H2,19,21,22). The predicted octanol–water partition coefficient (Wildman–Crippen LogP) is 1.45. The normalized spacial score (nSPS) is 12.6. The van der Waals surface area contributed by atoms with Crippen LogP contribution in [0.1, 0.15) is 29.8 Å². The summed E-state index contributed by atoms with van der Waals surface area (Å²) in [5, 5.41) is 9.06. The minimum absolute atomic E-state index is 0.123. The molecule has 0 fully saturated rings. The fourth-order valence-electron chi connectivity index (χ4n) is 2.02. The number of nitrogens with zero attached hydrogens (tertiary/aromatic N) is 1. The molecule has 1 atom stereocenters. The lowest BCUT2D eigenvalue weighted by Crippen LogP contribution is -2.44. The Labute approximate surface area is 142 Å². The van der Waals surface area contributed by atoms with E-state index >= 15 is 0 Å². The quantitative estimate of drug-likeness (QED) is 0.381. The summed E-state index contributed by atoms with van der Waals surface area (Å²) in [6, 6.07) is 4.56. The topological polar surface area (TPSA) is 74.8 Å². The summed E-state index contributed by atoms with van der Waals surface area (Å²) in [7, 11) is 1.64. The monoisotopic (exact) mass is 338 g/mol. The lowest BCUT2D eigenvalue weighted by molar-refractivity contribution is 0.0954. The number of rotatable bonds is 8. The van der Waals surface area contributed by atoms with Gasteiger partial charge >= 0.3 is 0 Å². The number of nitrogens with one attached hydrogen (secondary N) is 3. The smallest absolute Gasteiger partial charge is 0.251 e. The van der Waals surface area contributed by atoms with E-state index in [1.165, 1.54) is 6.07 Å². The number of hydrogen-bond donors (Lipinski definition) is 3. The molecular formula is C17H27FN4O2. The van der Waals surface area contributed by atoms with Gasteiger partial charge in [0.2, 0.25) is 0 Å². The highest BCUT2D eigenvalue weighted by Crippen LogP contribution is 2.08. The summed E-state index contributed by atoms with van der Waals surface area (Å²) >= 11 is 0. The lowest BCUT2D eigenvalue weighted by atomic mass is 10.1. The molecule has 7 heteroatoms. The van der Waals surface area contributed by atoms with Gasteiger partial charge in [-0.05, 0) is 38.5 Å². The number of methoxy groups -OCH3 is 1. The molecule has 3 N–H and O–H groups in total. The molecule has 6 nitrogen and oxygen atoms in total. The highest BCUT2D eigenvalue weighted by atomic mass is 19.1. The number of hydrogen-bond acceptors (Lipinski definition) is 3. The zero-order chi connectivity index (χ0) is 17.9. The van der Waals surface area contributed by atoms with Crippen molar-refractivity contribution in [2.24, 2.45) is 4.99 Å². The van der Waals surface area contributed by atoms with Crippen molar-refractivity contribution in [2.45, 2.75) is 26.8 Å². The molecule has 0 aromatic heterocycles. The van der Waals surface area contributed by atoms with Crippen molar-refractivity contribution in [3.05, 3.63) is 35.1 Å². The second-order valence-electron chi connectivity index (χ2n) is 5.48. The summed E-state index contributed by atoms with van der Waals surface area (Å²) in [6.07, 6.45) is 0. The summed E-state index contributed by atoms with van der Waals surface area (Å²) < 4.78 is 18.5. The van der Waals surface area contributed by atoms with E-state index in [0.29, 0.717) is 36.8 Å². The molecule has 1 unspecified atom stereocenters. The van der Waals surface area contributed by atoms with Crippen LogP contribution in [-0.4, -0.2) is 51.3 Å². The molecule has 0 aliphatic rings. The fourth-order valence-corrected chi connectivity index (χ4v) is 2.02. The van der Waals surface area contributed by atoms with Gasteiger partial charge in [-0.25, -0.2) is 4.39 Å². The van der Waals surface area contributed by atoms with Gasteiger partial charge in [0.25, 0.3) is 5.91 Å². The van der Waals surface area contributed by atoms with Crippen LogP contribution in [-0.2, 0) is 4.74 Å². The van der Waals surface area contributed by atoms with Crippen LogP contribution in [0.2, 0.25) is 0 Å². The van der Waals surface area contributed by atoms with E-state index in [-0.39, 0.29) is 17.8 Å². The Hall–Kier alpha value is -2.15. The van der Waals surface area contributed by atoms with E-state index < -0.39 is 0 Å². The van der Waals surface area contributed by atoms with Crippen LogP contribution in [0.25, 0.3) is 0 Å². The first kappa shape index (κ1) is 19.9. The van der Waals surface area contributed by atoms with E-state index in [4.69, 9.17) is 4.74 Å². The second kappa shape index (κ2) is 10.6. The molecule has 1 amide bonds. The van der Waals surface area contributed by atoms with Gasteiger partial charge in [-0.3, -0.25) is 9.79 Å². The van der Waals surface area contributed by atoms with Crippen molar-refractivity contribution in [1.82, 2.24) is 16.0 Å². The second-order valence-corrected chi connectivity index (χ2v) is 5.48. The minimum atomic E-state index is -0.383. The molecule has 0 aliphatic carbocycles. The SMILES string of the molecule is CCNC(=NCCNC(=O)c1ccc(C)c(F)c1)NC(C)COC. The van der Waals surface area contributed by atoms with Crippen molar-refractivity contribution >= 4 is 11.9 Å². The Morgan fingerprint density at radius 1 is 1.38 bits per heavy atom. The lowest BCUT2D eigenvalue weighted by Gasteiger charge is -2.17. The van der Waals surface area contributed by atoms with Crippen LogP contribution in [0, 0.1) is 12.7 Å². The first-order valence-corrected chi connectivity index (χ1v) is 8.06. The predicted molar refractivity (Wildman–Crippen MR) is 93.9 cm³/mol. The molecule has 0 radical (unpaired) electrons. The molecular weight excluding hydrogens is 311 g/mol. The first-order valence-electron chi connectivity index (χ1n) is 8.06. The minimum Gasteiger partial charge on any atom is -0.383 e. The van der Waals surface area contributed by atoms with Crippen molar-refractivity contribution in [3.63, 3.8) is 0 Å². The maximum absolute atomic E-state index is 13.5. The van der Waals surface area contributed by atoms with Crippen LogP contribution in [0.15, 0.2) is 23.2 Å². The molecule has 134 valence electrons. The van der Waals surface area contributed by atoms with Crippen molar-refractivity contribution < 1.29 is 13.9 Å². The molecule has 24 heavy (non-hydrogen) atoms. The summed E-state index contributed by atoms with van der Waals surface area (Å²) in [5.41, 5.74) is 0.823. The van der Waals surface area contributed by atoms with E-state index in [0.717, 1.165) is 6.54 Å². The van der Waals surface area contributed by atoms with Gasteiger partial charge in [0.1, 0.15) is 5.82 Å². The van der Waals surface area contributed by atoms with Gasteiger partial charge in [0, 0.05) is 31.8 Å². The van der Waals surface area contributed by atoms with Crippen LogP contribution < -0.4 is 16.0 Å². The number of aliphatic imine (C=N–C) groups is 1. The molecule has 1 aromatic rings. The number of amides is 1. The molecule has 0 saturated heterocycles. The van der Waals surface area contributed by atoms with Crippen LogP contribution in [0.5, 0.6) is 0 Å². The molecule has 1 aromatic carbocycles. The summed E-state index contributed by atoms with van der Waals surface area (Å²) in [4.78, 5) is 16.4. The Balaban J connectivity index is 2.48. The van der Waals surface area contributed by atoms with Crippen LogP contribution in [0.3, 0.4) is 0 Å². The molecule has 0 saturated carbocycles. The molecule has 0 aliphatic heterocycles. The Bertz CT molecular complexity index is 564.